The van der Waals surface area contributed by atoms with Crippen molar-refractivity contribution in [1.29, 1.82) is 0 Å². The summed E-state index contributed by atoms with van der Waals surface area (Å²) in [6.45, 7) is 0. The molecule has 0 aliphatic carbocycles. The van der Waals surface area contributed by atoms with Crippen molar-refractivity contribution in [1.82, 2.24) is 4.98 Å². The second-order valence-electron chi connectivity index (χ2n) is 3.18. The van der Waals surface area contributed by atoms with Gasteiger partial charge in [-0.05, 0) is 12.1 Å². The van der Waals surface area contributed by atoms with E-state index in [2.05, 4.69) is 4.98 Å². The van der Waals surface area contributed by atoms with E-state index in [4.69, 9.17) is 9.84 Å². The number of ether oxygens (including phenoxy) is 1. The zero-order valence-corrected chi connectivity index (χ0v) is 9.61. The predicted octanol–water partition coefficient (Wildman–Crippen LogP) is 2.20. The van der Waals surface area contributed by atoms with E-state index in [9.17, 15) is 14.0 Å². The van der Waals surface area contributed by atoms with Crippen LogP contribution in [-0.2, 0) is 0 Å². The number of carbonyl (C=O) groups is 2. The van der Waals surface area contributed by atoms with Crippen LogP contribution in [0.2, 0.25) is 0 Å². The Bertz CT molecular complexity index is 611. The van der Waals surface area contributed by atoms with Crippen LogP contribution in [0, 0.1) is 5.82 Å². The summed E-state index contributed by atoms with van der Waals surface area (Å²) in [6, 6.07) is 4.97. The molecule has 7 heteroatoms. The van der Waals surface area contributed by atoms with Gasteiger partial charge in [-0.1, -0.05) is 6.07 Å². The van der Waals surface area contributed by atoms with Crippen molar-refractivity contribution in [3.63, 3.8) is 0 Å². The van der Waals surface area contributed by atoms with E-state index in [-0.39, 0.29) is 16.3 Å². The van der Waals surface area contributed by atoms with E-state index in [0.717, 1.165) is 17.4 Å². The molecule has 1 aromatic carbocycles. The van der Waals surface area contributed by atoms with Gasteiger partial charge in [0.15, 0.2) is 5.69 Å². The van der Waals surface area contributed by atoms with E-state index >= 15 is 0 Å². The number of nitrogens with zero attached hydrogens (tertiary/aromatic N) is 1. The Morgan fingerprint density at radius 2 is 2.17 bits per heavy atom. The van der Waals surface area contributed by atoms with Crippen LogP contribution in [0.25, 0.3) is 0 Å². The van der Waals surface area contributed by atoms with Crippen LogP contribution < -0.4 is 4.74 Å². The number of aromatic nitrogens is 1. The standard InChI is InChI=1S/C11H6FNO4S/c12-6-2-1-3-7(4-6)17-11(16)8-9(10(14)15)18-5-13-8/h1-5H,(H,14,15). The summed E-state index contributed by atoms with van der Waals surface area (Å²) >= 11 is 0.814. The summed E-state index contributed by atoms with van der Waals surface area (Å²) in [6.07, 6.45) is 0. The number of esters is 1. The van der Waals surface area contributed by atoms with Crippen molar-refractivity contribution in [2.75, 3.05) is 0 Å². The first-order valence-corrected chi connectivity index (χ1v) is 5.60. The first kappa shape index (κ1) is 12.2. The maximum Gasteiger partial charge on any atom is 0.364 e. The topological polar surface area (TPSA) is 76.5 Å². The van der Waals surface area contributed by atoms with Crippen molar-refractivity contribution in [3.8, 4) is 5.75 Å². The van der Waals surface area contributed by atoms with Gasteiger partial charge in [0.25, 0.3) is 0 Å². The Hall–Kier alpha value is -2.28. The number of aromatic carboxylic acids is 1. The van der Waals surface area contributed by atoms with Gasteiger partial charge >= 0.3 is 11.9 Å². The molecule has 0 spiro atoms. The first-order chi connectivity index (χ1) is 8.58. The number of carboxylic acids is 1. The fourth-order valence-electron chi connectivity index (χ4n) is 1.23. The molecule has 0 saturated heterocycles. The van der Waals surface area contributed by atoms with E-state index in [1.54, 1.807) is 0 Å². The maximum absolute atomic E-state index is 12.9. The summed E-state index contributed by atoms with van der Waals surface area (Å²) in [5.74, 6) is -2.76. The number of hydrogen-bond acceptors (Lipinski definition) is 5. The van der Waals surface area contributed by atoms with Crippen LogP contribution in [0.4, 0.5) is 4.39 Å². The first-order valence-electron chi connectivity index (χ1n) is 4.72. The minimum absolute atomic E-state index is 0.00987. The van der Waals surface area contributed by atoms with Gasteiger partial charge in [0.1, 0.15) is 16.4 Å². The molecule has 0 unspecified atom stereocenters. The average Bonchev–Trinajstić information content (AvgIpc) is 2.77. The van der Waals surface area contributed by atoms with E-state index in [1.807, 2.05) is 0 Å². The lowest BCUT2D eigenvalue weighted by Gasteiger charge is -2.02. The molecule has 0 bridgehead atoms. The number of benzene rings is 1. The largest absolute Gasteiger partial charge is 0.477 e. The second kappa shape index (κ2) is 4.92. The summed E-state index contributed by atoms with van der Waals surface area (Å²) in [5.41, 5.74) is 0.933. The molecule has 2 rings (SSSR count). The maximum atomic E-state index is 12.9. The molecule has 5 nitrogen and oxygen atoms in total. The number of halogens is 1. The van der Waals surface area contributed by atoms with Crippen molar-refractivity contribution in [2.24, 2.45) is 0 Å². The lowest BCUT2D eigenvalue weighted by Crippen LogP contribution is -2.13. The third-order valence-electron chi connectivity index (χ3n) is 1.96. The fraction of sp³-hybridized carbons (Fsp3) is 0. The normalized spacial score (nSPS) is 10.1. The number of carboxylic acid groups (broad SMARTS) is 1. The van der Waals surface area contributed by atoms with E-state index in [0.29, 0.717) is 0 Å². The number of thiazole rings is 1. The molecule has 0 radical (unpaired) electrons. The highest BCUT2D eigenvalue weighted by Crippen LogP contribution is 2.17. The average molecular weight is 267 g/mol. The number of hydrogen-bond donors (Lipinski definition) is 1. The minimum atomic E-state index is -1.26. The molecule has 1 heterocycles. The molecule has 2 aromatic rings. The molecule has 0 fully saturated rings. The van der Waals surface area contributed by atoms with Crippen LogP contribution in [0.5, 0.6) is 5.75 Å². The molecule has 1 aromatic heterocycles. The van der Waals surface area contributed by atoms with Crippen LogP contribution in [0.1, 0.15) is 20.2 Å². The molecule has 0 saturated carbocycles. The van der Waals surface area contributed by atoms with Gasteiger partial charge in [-0.25, -0.2) is 19.0 Å². The van der Waals surface area contributed by atoms with Gasteiger partial charge < -0.3 is 9.84 Å². The molecule has 0 aliphatic heterocycles. The fourth-order valence-corrected chi connectivity index (χ4v) is 1.84. The van der Waals surface area contributed by atoms with Crippen molar-refractivity contribution in [3.05, 3.63) is 46.2 Å². The smallest absolute Gasteiger partial charge is 0.364 e. The molecule has 18 heavy (non-hydrogen) atoms. The van der Waals surface area contributed by atoms with Crippen LogP contribution >= 0.6 is 11.3 Å². The van der Waals surface area contributed by atoms with Gasteiger partial charge in [-0.2, -0.15) is 0 Å². The Kier molecular flexibility index (Phi) is 3.33. The Labute approximate surface area is 104 Å². The van der Waals surface area contributed by atoms with Gasteiger partial charge in [0, 0.05) is 6.07 Å². The Morgan fingerprint density at radius 3 is 2.83 bits per heavy atom. The molecule has 1 N–H and O–H groups in total. The van der Waals surface area contributed by atoms with Crippen LogP contribution in [0.15, 0.2) is 29.8 Å². The molecular formula is C11H6FNO4S. The zero-order valence-electron chi connectivity index (χ0n) is 8.79. The van der Waals surface area contributed by atoms with Crippen molar-refractivity contribution >= 4 is 23.3 Å². The van der Waals surface area contributed by atoms with Gasteiger partial charge in [0.05, 0.1) is 5.51 Å². The zero-order chi connectivity index (χ0) is 13.1. The van der Waals surface area contributed by atoms with Crippen LogP contribution in [0.3, 0.4) is 0 Å². The molecule has 0 aliphatic rings. The van der Waals surface area contributed by atoms with Crippen LogP contribution in [-0.4, -0.2) is 22.0 Å². The van der Waals surface area contributed by atoms with Crippen molar-refractivity contribution < 1.29 is 23.8 Å². The second-order valence-corrected chi connectivity index (χ2v) is 4.04. The highest BCUT2D eigenvalue weighted by molar-refractivity contribution is 7.12. The third kappa shape index (κ3) is 2.51. The predicted molar refractivity (Wildman–Crippen MR) is 60.4 cm³/mol. The molecule has 0 atom stereocenters. The van der Waals surface area contributed by atoms with Gasteiger partial charge in [-0.3, -0.25) is 0 Å². The summed E-state index contributed by atoms with van der Waals surface area (Å²) < 4.78 is 17.7. The minimum Gasteiger partial charge on any atom is -0.477 e. The molecule has 92 valence electrons. The van der Waals surface area contributed by atoms with Gasteiger partial charge in [0.2, 0.25) is 0 Å². The summed E-state index contributed by atoms with van der Waals surface area (Å²) in [4.78, 5) is 25.9. The quantitative estimate of drug-likeness (QED) is 0.681. The van der Waals surface area contributed by atoms with Crippen molar-refractivity contribution in [2.45, 2.75) is 0 Å². The Morgan fingerprint density at radius 1 is 1.39 bits per heavy atom. The number of carbonyl (C=O) groups excluding carboxylic acids is 1. The van der Waals surface area contributed by atoms with E-state index < -0.39 is 17.8 Å². The summed E-state index contributed by atoms with van der Waals surface area (Å²) in [7, 11) is 0. The SMILES string of the molecule is O=C(Oc1cccc(F)c1)c1ncsc1C(=O)O. The van der Waals surface area contributed by atoms with E-state index in [1.165, 1.54) is 23.7 Å². The lowest BCUT2D eigenvalue weighted by molar-refractivity contribution is 0.0670. The van der Waals surface area contributed by atoms with Gasteiger partial charge in [-0.15, -0.1) is 11.3 Å². The third-order valence-corrected chi connectivity index (χ3v) is 2.78. The molecular weight excluding hydrogens is 261 g/mol. The number of rotatable bonds is 3. The summed E-state index contributed by atoms with van der Waals surface area (Å²) in [5, 5.41) is 8.82. The molecule has 0 amide bonds. The highest BCUT2D eigenvalue weighted by atomic mass is 32.1. The Balaban J connectivity index is 2.22. The highest BCUT2D eigenvalue weighted by Gasteiger charge is 2.21. The lowest BCUT2D eigenvalue weighted by atomic mass is 10.3. The monoisotopic (exact) mass is 267 g/mol.